The molecule has 7 heteroatoms. The molecule has 2 aromatic rings. The van der Waals surface area contributed by atoms with Crippen LogP contribution in [0, 0.1) is 0 Å². The quantitative estimate of drug-likeness (QED) is 0.767. The molecule has 1 aliphatic rings. The van der Waals surface area contributed by atoms with Gasteiger partial charge in [0.25, 0.3) is 0 Å². The summed E-state index contributed by atoms with van der Waals surface area (Å²) >= 11 is 0. The Morgan fingerprint density at radius 3 is 2.37 bits per heavy atom. The van der Waals surface area contributed by atoms with E-state index >= 15 is 0 Å². The molecule has 2 N–H and O–H groups in total. The van der Waals surface area contributed by atoms with Crippen molar-refractivity contribution in [2.75, 3.05) is 44.0 Å². The van der Waals surface area contributed by atoms with Gasteiger partial charge in [-0.25, -0.2) is 0 Å². The SMILES string of the molecule is CN(Cc1ccccc1N1CCOCC1)C(=O)Cc1ccc(N)cc1.Cl.Cl. The van der Waals surface area contributed by atoms with Crippen molar-refractivity contribution in [3.63, 3.8) is 0 Å². The monoisotopic (exact) mass is 411 g/mol. The molecular weight excluding hydrogens is 385 g/mol. The number of amides is 1. The number of nitrogen functional groups attached to an aromatic ring is 1. The first-order valence-electron chi connectivity index (χ1n) is 8.62. The van der Waals surface area contributed by atoms with Crippen LogP contribution in [0.5, 0.6) is 0 Å². The number of rotatable bonds is 5. The fourth-order valence-electron chi connectivity index (χ4n) is 3.05. The topological polar surface area (TPSA) is 58.8 Å². The van der Waals surface area contributed by atoms with E-state index in [9.17, 15) is 4.79 Å². The molecule has 148 valence electrons. The maximum atomic E-state index is 12.6. The largest absolute Gasteiger partial charge is 0.399 e. The van der Waals surface area contributed by atoms with Crippen molar-refractivity contribution in [1.29, 1.82) is 0 Å². The van der Waals surface area contributed by atoms with Crippen molar-refractivity contribution >= 4 is 42.1 Å². The first-order valence-corrected chi connectivity index (χ1v) is 8.62. The van der Waals surface area contributed by atoms with Crippen LogP contribution in [0.2, 0.25) is 0 Å². The molecule has 1 aliphatic heterocycles. The third-order valence-electron chi connectivity index (χ3n) is 4.51. The van der Waals surface area contributed by atoms with Crippen molar-refractivity contribution in [1.82, 2.24) is 4.90 Å². The number of hydrogen-bond acceptors (Lipinski definition) is 4. The molecule has 1 amide bonds. The lowest BCUT2D eigenvalue weighted by Gasteiger charge is -2.31. The number of nitrogens with zero attached hydrogens (tertiary/aromatic N) is 2. The van der Waals surface area contributed by atoms with Crippen molar-refractivity contribution in [2.24, 2.45) is 0 Å². The molecule has 1 fully saturated rings. The fourth-order valence-corrected chi connectivity index (χ4v) is 3.05. The van der Waals surface area contributed by atoms with E-state index in [4.69, 9.17) is 10.5 Å². The number of anilines is 2. The molecule has 0 bridgehead atoms. The lowest BCUT2D eigenvalue weighted by atomic mass is 10.1. The minimum absolute atomic E-state index is 0. The van der Waals surface area contributed by atoms with E-state index in [-0.39, 0.29) is 30.7 Å². The summed E-state index contributed by atoms with van der Waals surface area (Å²) in [6, 6.07) is 15.8. The van der Waals surface area contributed by atoms with Gasteiger partial charge in [0.1, 0.15) is 0 Å². The van der Waals surface area contributed by atoms with E-state index < -0.39 is 0 Å². The van der Waals surface area contributed by atoms with E-state index in [0.29, 0.717) is 18.7 Å². The van der Waals surface area contributed by atoms with Gasteiger partial charge in [-0.3, -0.25) is 4.79 Å². The average Bonchev–Trinajstić information content (AvgIpc) is 2.64. The molecule has 0 saturated carbocycles. The van der Waals surface area contributed by atoms with Crippen LogP contribution >= 0.6 is 24.8 Å². The molecule has 27 heavy (non-hydrogen) atoms. The molecule has 0 atom stereocenters. The molecule has 3 rings (SSSR count). The Balaban J connectivity index is 0.00000182. The summed E-state index contributed by atoms with van der Waals surface area (Å²) < 4.78 is 5.44. The van der Waals surface area contributed by atoms with Crippen molar-refractivity contribution in [2.45, 2.75) is 13.0 Å². The normalized spacial score (nSPS) is 13.3. The van der Waals surface area contributed by atoms with E-state index in [0.717, 1.165) is 37.4 Å². The van der Waals surface area contributed by atoms with Crippen LogP contribution in [-0.4, -0.2) is 44.2 Å². The molecule has 5 nitrogen and oxygen atoms in total. The van der Waals surface area contributed by atoms with E-state index in [1.54, 1.807) is 4.90 Å². The number of nitrogens with two attached hydrogens (primary N) is 1. The van der Waals surface area contributed by atoms with Crippen molar-refractivity contribution in [3.05, 3.63) is 59.7 Å². The number of carbonyl (C=O) groups excluding carboxylic acids is 1. The summed E-state index contributed by atoms with van der Waals surface area (Å²) in [5.74, 6) is 0.0987. The number of likely N-dealkylation sites (N-methyl/N-ethyl adjacent to an activating group) is 1. The highest BCUT2D eigenvalue weighted by Gasteiger charge is 2.17. The Labute approximate surface area is 173 Å². The first kappa shape index (κ1) is 23.1. The highest BCUT2D eigenvalue weighted by Crippen LogP contribution is 2.23. The third kappa shape index (κ3) is 6.31. The Morgan fingerprint density at radius 1 is 1.07 bits per heavy atom. The summed E-state index contributed by atoms with van der Waals surface area (Å²) in [7, 11) is 1.86. The summed E-state index contributed by atoms with van der Waals surface area (Å²) in [6.45, 7) is 3.88. The van der Waals surface area contributed by atoms with Gasteiger partial charge in [-0.05, 0) is 29.3 Å². The highest BCUT2D eigenvalue weighted by molar-refractivity contribution is 5.85. The molecular formula is C20H27Cl2N3O2. The van der Waals surface area contributed by atoms with Crippen molar-refractivity contribution < 1.29 is 9.53 Å². The molecule has 1 heterocycles. The lowest BCUT2D eigenvalue weighted by molar-refractivity contribution is -0.129. The number of carbonyl (C=O) groups is 1. The zero-order chi connectivity index (χ0) is 17.6. The molecule has 2 aromatic carbocycles. The molecule has 0 aromatic heterocycles. The average molecular weight is 412 g/mol. The number of para-hydroxylation sites is 1. The van der Waals surface area contributed by atoms with Crippen LogP contribution in [0.25, 0.3) is 0 Å². The molecule has 0 spiro atoms. The van der Waals surface area contributed by atoms with Crippen LogP contribution in [0.4, 0.5) is 11.4 Å². The van der Waals surface area contributed by atoms with Crippen LogP contribution in [0.3, 0.4) is 0 Å². The van der Waals surface area contributed by atoms with Crippen molar-refractivity contribution in [3.8, 4) is 0 Å². The van der Waals surface area contributed by atoms with Crippen LogP contribution in [0.15, 0.2) is 48.5 Å². The van der Waals surface area contributed by atoms with Gasteiger partial charge in [0.15, 0.2) is 0 Å². The summed E-state index contributed by atoms with van der Waals surface area (Å²) in [5.41, 5.74) is 9.75. The van der Waals surface area contributed by atoms with Gasteiger partial charge in [-0.1, -0.05) is 30.3 Å². The zero-order valence-electron chi connectivity index (χ0n) is 15.5. The lowest BCUT2D eigenvalue weighted by Crippen LogP contribution is -2.37. The maximum absolute atomic E-state index is 12.6. The smallest absolute Gasteiger partial charge is 0.227 e. The third-order valence-corrected chi connectivity index (χ3v) is 4.51. The van der Waals surface area contributed by atoms with Gasteiger partial charge in [0.05, 0.1) is 19.6 Å². The molecule has 0 unspecified atom stereocenters. The summed E-state index contributed by atoms with van der Waals surface area (Å²) in [6.07, 6.45) is 0.385. The van der Waals surface area contributed by atoms with Crippen LogP contribution in [0.1, 0.15) is 11.1 Å². The Bertz CT molecular complexity index is 719. The second-order valence-corrected chi connectivity index (χ2v) is 6.40. The van der Waals surface area contributed by atoms with Gasteiger partial charge in [-0.15, -0.1) is 24.8 Å². The minimum Gasteiger partial charge on any atom is -0.399 e. The number of halogens is 2. The standard InChI is InChI=1S/C20H25N3O2.2ClH/c1-22(20(24)14-16-6-8-18(21)9-7-16)15-17-4-2-3-5-19(17)23-10-12-25-13-11-23;;/h2-9H,10-15,21H2,1H3;2*1H. The van der Waals surface area contributed by atoms with E-state index in [1.165, 1.54) is 5.69 Å². The molecule has 0 radical (unpaired) electrons. The summed E-state index contributed by atoms with van der Waals surface area (Å²) in [5, 5.41) is 0. The molecule has 1 saturated heterocycles. The molecule has 0 aliphatic carbocycles. The summed E-state index contributed by atoms with van der Waals surface area (Å²) in [4.78, 5) is 16.7. The van der Waals surface area contributed by atoms with Gasteiger partial charge >= 0.3 is 0 Å². The second kappa shape index (κ2) is 11.0. The number of hydrogen-bond donors (Lipinski definition) is 1. The Morgan fingerprint density at radius 2 is 1.70 bits per heavy atom. The van der Waals surface area contributed by atoms with Crippen LogP contribution in [-0.2, 0) is 22.5 Å². The van der Waals surface area contributed by atoms with Gasteiger partial charge in [-0.2, -0.15) is 0 Å². The zero-order valence-corrected chi connectivity index (χ0v) is 17.1. The van der Waals surface area contributed by atoms with Crippen LogP contribution < -0.4 is 10.6 Å². The van der Waals surface area contributed by atoms with E-state index in [2.05, 4.69) is 17.0 Å². The fraction of sp³-hybridized carbons (Fsp3) is 0.350. The Kier molecular flexibility index (Phi) is 9.43. The highest BCUT2D eigenvalue weighted by atomic mass is 35.5. The maximum Gasteiger partial charge on any atom is 0.227 e. The van der Waals surface area contributed by atoms with Gasteiger partial charge in [0.2, 0.25) is 5.91 Å². The predicted octanol–water partition coefficient (Wildman–Crippen LogP) is 3.15. The second-order valence-electron chi connectivity index (χ2n) is 6.40. The number of ether oxygens (including phenoxy) is 1. The Hall–Kier alpha value is -1.95. The number of benzene rings is 2. The van der Waals surface area contributed by atoms with Gasteiger partial charge < -0.3 is 20.3 Å². The predicted molar refractivity (Wildman–Crippen MR) is 115 cm³/mol. The first-order chi connectivity index (χ1) is 12.1. The van der Waals surface area contributed by atoms with E-state index in [1.807, 2.05) is 43.4 Å². The minimum atomic E-state index is 0. The van der Waals surface area contributed by atoms with Gasteiger partial charge in [0, 0.05) is 38.1 Å². The number of morpholine rings is 1.